The molecule has 6 heteroatoms. The van der Waals surface area contributed by atoms with Crippen molar-refractivity contribution in [2.45, 2.75) is 18.9 Å². The molecule has 0 radical (unpaired) electrons. The minimum atomic E-state index is -0.348. The molecule has 2 rings (SSSR count). The molecule has 1 heterocycles. The van der Waals surface area contributed by atoms with Gasteiger partial charge in [-0.05, 0) is 18.9 Å². The van der Waals surface area contributed by atoms with E-state index >= 15 is 0 Å². The van der Waals surface area contributed by atoms with Gasteiger partial charge in [-0.15, -0.1) is 0 Å². The van der Waals surface area contributed by atoms with E-state index in [-0.39, 0.29) is 12.6 Å². The summed E-state index contributed by atoms with van der Waals surface area (Å²) in [7, 11) is 1.61. The zero-order valence-corrected chi connectivity index (χ0v) is 11.1. The Hall–Kier alpha value is -1.53. The first-order valence-electron chi connectivity index (χ1n) is 6.43. The average Bonchev–Trinajstić information content (AvgIpc) is 3.16. The first kappa shape index (κ1) is 13.9. The van der Waals surface area contributed by atoms with Gasteiger partial charge in [0, 0.05) is 19.3 Å². The Balaban J connectivity index is 1.76. The van der Waals surface area contributed by atoms with Crippen LogP contribution in [0.4, 0.5) is 5.69 Å². The Morgan fingerprint density at radius 1 is 1.37 bits per heavy atom. The number of nitrogens with two attached hydrogens (primary N) is 1. The van der Waals surface area contributed by atoms with E-state index in [2.05, 4.69) is 0 Å². The fraction of sp³-hybridized carbons (Fsp3) is 0.615. The number of nitrogen functional groups attached to an aromatic ring is 1. The second-order valence-corrected chi connectivity index (χ2v) is 4.54. The number of carbonyl (C=O) groups excluding carboxylic acids is 1. The zero-order valence-electron chi connectivity index (χ0n) is 11.1. The SMILES string of the molecule is COCCOCCOC(=O)c1cc(N)cn1C1CC1. The molecule has 1 saturated carbocycles. The lowest BCUT2D eigenvalue weighted by molar-refractivity contribution is 0.0206. The molecule has 0 unspecified atom stereocenters. The Labute approximate surface area is 112 Å². The largest absolute Gasteiger partial charge is 0.459 e. The van der Waals surface area contributed by atoms with Crippen LogP contribution in [0.25, 0.3) is 0 Å². The van der Waals surface area contributed by atoms with Gasteiger partial charge in [-0.2, -0.15) is 0 Å². The lowest BCUT2D eigenvalue weighted by atomic mass is 10.4. The standard InChI is InChI=1S/C13H20N2O4/c1-17-4-5-18-6-7-19-13(16)12-8-10(14)9-15(12)11-2-3-11/h8-9,11H,2-7,14H2,1H3. The van der Waals surface area contributed by atoms with Crippen molar-refractivity contribution < 1.29 is 19.0 Å². The molecule has 2 N–H and O–H groups in total. The van der Waals surface area contributed by atoms with Crippen molar-refractivity contribution in [3.63, 3.8) is 0 Å². The summed E-state index contributed by atoms with van der Waals surface area (Å²) < 4.78 is 17.1. The molecule has 0 bridgehead atoms. The molecule has 0 spiro atoms. The molecule has 6 nitrogen and oxygen atoms in total. The predicted octanol–water partition coefficient (Wildman–Crippen LogP) is 1.22. The molecular formula is C13H20N2O4. The number of hydrogen-bond donors (Lipinski definition) is 1. The van der Waals surface area contributed by atoms with Crippen molar-refractivity contribution in [1.29, 1.82) is 0 Å². The summed E-state index contributed by atoms with van der Waals surface area (Å²) >= 11 is 0. The van der Waals surface area contributed by atoms with Crippen LogP contribution in [-0.4, -0.2) is 44.1 Å². The van der Waals surface area contributed by atoms with Crippen LogP contribution in [-0.2, 0) is 14.2 Å². The first-order valence-corrected chi connectivity index (χ1v) is 6.43. The van der Waals surface area contributed by atoms with E-state index in [9.17, 15) is 4.79 Å². The van der Waals surface area contributed by atoms with Crippen LogP contribution in [0.2, 0.25) is 0 Å². The van der Waals surface area contributed by atoms with Gasteiger partial charge in [-0.1, -0.05) is 0 Å². The third-order valence-corrected chi connectivity index (χ3v) is 2.91. The molecule has 1 aliphatic rings. The van der Waals surface area contributed by atoms with E-state index in [1.54, 1.807) is 19.4 Å². The second-order valence-electron chi connectivity index (χ2n) is 4.54. The highest BCUT2D eigenvalue weighted by molar-refractivity contribution is 5.89. The van der Waals surface area contributed by atoms with E-state index in [0.717, 1.165) is 12.8 Å². The van der Waals surface area contributed by atoms with Crippen molar-refractivity contribution in [2.75, 3.05) is 39.3 Å². The molecule has 0 aromatic carbocycles. The smallest absolute Gasteiger partial charge is 0.355 e. The van der Waals surface area contributed by atoms with Crippen LogP contribution in [0, 0.1) is 0 Å². The summed E-state index contributed by atoms with van der Waals surface area (Å²) in [5.41, 5.74) is 6.84. The molecule has 0 amide bonds. The van der Waals surface area contributed by atoms with Crippen molar-refractivity contribution >= 4 is 11.7 Å². The molecule has 1 fully saturated rings. The summed E-state index contributed by atoms with van der Waals surface area (Å²) in [6.07, 6.45) is 3.98. The van der Waals surface area contributed by atoms with E-state index in [4.69, 9.17) is 19.9 Å². The lowest BCUT2D eigenvalue weighted by Crippen LogP contribution is -2.15. The van der Waals surface area contributed by atoms with Gasteiger partial charge < -0.3 is 24.5 Å². The molecule has 0 aliphatic heterocycles. The number of carbonyl (C=O) groups is 1. The number of ether oxygens (including phenoxy) is 3. The second kappa shape index (κ2) is 6.58. The summed E-state index contributed by atoms with van der Waals surface area (Å²) in [6.45, 7) is 1.64. The fourth-order valence-electron chi connectivity index (χ4n) is 1.83. The number of anilines is 1. The van der Waals surface area contributed by atoms with Crippen molar-refractivity contribution in [1.82, 2.24) is 4.57 Å². The Kier molecular flexibility index (Phi) is 4.81. The van der Waals surface area contributed by atoms with Crippen LogP contribution in [0.3, 0.4) is 0 Å². The zero-order chi connectivity index (χ0) is 13.7. The van der Waals surface area contributed by atoms with Crippen LogP contribution < -0.4 is 5.73 Å². The molecule has 106 valence electrons. The number of esters is 1. The van der Waals surface area contributed by atoms with E-state index in [1.165, 1.54) is 0 Å². The number of methoxy groups -OCH3 is 1. The van der Waals surface area contributed by atoms with Gasteiger partial charge in [0.15, 0.2) is 0 Å². The monoisotopic (exact) mass is 268 g/mol. The highest BCUT2D eigenvalue weighted by atomic mass is 16.6. The lowest BCUT2D eigenvalue weighted by Gasteiger charge is -2.08. The minimum Gasteiger partial charge on any atom is -0.459 e. The molecule has 0 atom stereocenters. The topological polar surface area (TPSA) is 75.7 Å². The molecular weight excluding hydrogens is 248 g/mol. The third-order valence-electron chi connectivity index (χ3n) is 2.91. The normalized spacial score (nSPS) is 14.6. The maximum Gasteiger partial charge on any atom is 0.355 e. The first-order chi connectivity index (χ1) is 9.22. The van der Waals surface area contributed by atoms with Crippen LogP contribution >= 0.6 is 0 Å². The van der Waals surface area contributed by atoms with Gasteiger partial charge in [0.05, 0.1) is 25.5 Å². The molecule has 0 saturated heterocycles. The quantitative estimate of drug-likeness (QED) is 0.567. The summed E-state index contributed by atoms with van der Waals surface area (Å²) in [5.74, 6) is -0.348. The van der Waals surface area contributed by atoms with Gasteiger partial charge in [0.1, 0.15) is 12.3 Å². The molecule has 1 aromatic rings. The van der Waals surface area contributed by atoms with E-state index in [0.29, 0.717) is 37.2 Å². The minimum absolute atomic E-state index is 0.234. The van der Waals surface area contributed by atoms with Gasteiger partial charge in [-0.3, -0.25) is 0 Å². The van der Waals surface area contributed by atoms with Crippen molar-refractivity contribution in [3.8, 4) is 0 Å². The Bertz CT molecular complexity index is 426. The summed E-state index contributed by atoms with van der Waals surface area (Å²) in [6, 6.07) is 2.06. The third kappa shape index (κ3) is 3.97. The van der Waals surface area contributed by atoms with Crippen LogP contribution in [0.5, 0.6) is 0 Å². The number of rotatable bonds is 8. The van der Waals surface area contributed by atoms with Crippen molar-refractivity contribution in [3.05, 3.63) is 18.0 Å². The van der Waals surface area contributed by atoms with Gasteiger partial charge in [-0.25, -0.2) is 4.79 Å². The van der Waals surface area contributed by atoms with Gasteiger partial charge in [0.25, 0.3) is 0 Å². The highest BCUT2D eigenvalue weighted by Crippen LogP contribution is 2.37. The number of nitrogens with zero attached hydrogens (tertiary/aromatic N) is 1. The summed E-state index contributed by atoms with van der Waals surface area (Å²) in [5, 5.41) is 0. The van der Waals surface area contributed by atoms with Crippen LogP contribution in [0.1, 0.15) is 29.4 Å². The average molecular weight is 268 g/mol. The Morgan fingerprint density at radius 2 is 2.11 bits per heavy atom. The Morgan fingerprint density at radius 3 is 2.79 bits per heavy atom. The molecule has 1 aliphatic carbocycles. The summed E-state index contributed by atoms with van der Waals surface area (Å²) in [4.78, 5) is 11.9. The number of hydrogen-bond acceptors (Lipinski definition) is 5. The molecule has 19 heavy (non-hydrogen) atoms. The fourth-order valence-corrected chi connectivity index (χ4v) is 1.83. The van der Waals surface area contributed by atoms with E-state index < -0.39 is 0 Å². The number of aromatic nitrogens is 1. The van der Waals surface area contributed by atoms with E-state index in [1.807, 2.05) is 4.57 Å². The van der Waals surface area contributed by atoms with Gasteiger partial charge in [0.2, 0.25) is 0 Å². The predicted molar refractivity (Wildman–Crippen MR) is 70.1 cm³/mol. The maximum atomic E-state index is 11.9. The highest BCUT2D eigenvalue weighted by Gasteiger charge is 2.28. The maximum absolute atomic E-state index is 11.9. The van der Waals surface area contributed by atoms with Crippen molar-refractivity contribution in [2.24, 2.45) is 0 Å². The van der Waals surface area contributed by atoms with Gasteiger partial charge >= 0.3 is 5.97 Å². The molecule has 1 aromatic heterocycles. The van der Waals surface area contributed by atoms with Crippen LogP contribution in [0.15, 0.2) is 12.3 Å².